The fourth-order valence-electron chi connectivity index (χ4n) is 2.53. The maximum atomic E-state index is 5.87. The molecule has 3 heteroatoms. The molecule has 94 valence electrons. The van der Waals surface area contributed by atoms with E-state index >= 15 is 0 Å². The van der Waals surface area contributed by atoms with Crippen molar-refractivity contribution in [3.63, 3.8) is 0 Å². The zero-order valence-corrected chi connectivity index (χ0v) is 11.9. The van der Waals surface area contributed by atoms with E-state index in [-0.39, 0.29) is 0 Å². The molecule has 1 aliphatic rings. The number of nitrogens with two attached hydrogens (primary N) is 1. The Morgan fingerprint density at radius 1 is 1.06 bits per heavy atom. The number of rotatable bonds is 2. The van der Waals surface area contributed by atoms with E-state index in [1.165, 1.54) is 56.4 Å². The highest BCUT2D eigenvalue weighted by atomic mass is 79.9. The number of nitrogens with zero attached hydrogens (tertiary/aromatic N) is 1. The van der Waals surface area contributed by atoms with Crippen LogP contribution in [0.4, 0.5) is 5.69 Å². The highest BCUT2D eigenvalue weighted by Crippen LogP contribution is 2.28. The van der Waals surface area contributed by atoms with E-state index in [4.69, 9.17) is 5.73 Å². The third-order valence-electron chi connectivity index (χ3n) is 3.50. The second-order valence-corrected chi connectivity index (χ2v) is 5.55. The number of anilines is 1. The molecule has 2 N–H and O–H groups in total. The molecule has 1 fully saturated rings. The van der Waals surface area contributed by atoms with Gasteiger partial charge in [0.2, 0.25) is 0 Å². The van der Waals surface area contributed by atoms with Gasteiger partial charge in [0.05, 0.1) is 0 Å². The Labute approximate surface area is 112 Å². The Morgan fingerprint density at radius 2 is 1.71 bits per heavy atom. The number of halogens is 1. The highest BCUT2D eigenvalue weighted by Gasteiger charge is 2.13. The molecule has 0 amide bonds. The average Bonchev–Trinajstić information content (AvgIpc) is 2.28. The van der Waals surface area contributed by atoms with Crippen molar-refractivity contribution in [1.29, 1.82) is 0 Å². The Morgan fingerprint density at radius 3 is 2.35 bits per heavy atom. The molecule has 0 radical (unpaired) electrons. The number of hydrogen-bond acceptors (Lipinski definition) is 2. The normalized spacial score (nSPS) is 17.6. The van der Waals surface area contributed by atoms with Gasteiger partial charge in [0.1, 0.15) is 0 Å². The fraction of sp³-hybridized carbons (Fsp3) is 0.571. The van der Waals surface area contributed by atoms with Gasteiger partial charge in [-0.25, -0.2) is 0 Å². The SMILES string of the molecule is NCc1c(Br)cccc1N1CCCCCCC1. The molecule has 17 heavy (non-hydrogen) atoms. The van der Waals surface area contributed by atoms with E-state index in [1.54, 1.807) is 0 Å². The third-order valence-corrected chi connectivity index (χ3v) is 4.24. The molecule has 0 aliphatic carbocycles. The van der Waals surface area contributed by atoms with Crippen molar-refractivity contribution in [2.24, 2.45) is 5.73 Å². The van der Waals surface area contributed by atoms with E-state index in [9.17, 15) is 0 Å². The molecule has 0 saturated carbocycles. The van der Waals surface area contributed by atoms with Crippen molar-refractivity contribution in [2.45, 2.75) is 38.6 Å². The van der Waals surface area contributed by atoms with Crippen molar-refractivity contribution < 1.29 is 0 Å². The zero-order valence-electron chi connectivity index (χ0n) is 10.3. The minimum atomic E-state index is 0.604. The van der Waals surface area contributed by atoms with Crippen LogP contribution in [0, 0.1) is 0 Å². The summed E-state index contributed by atoms with van der Waals surface area (Å²) in [7, 11) is 0. The van der Waals surface area contributed by atoms with E-state index < -0.39 is 0 Å². The first-order valence-electron chi connectivity index (χ1n) is 6.55. The second kappa shape index (κ2) is 6.41. The largest absolute Gasteiger partial charge is 0.371 e. The Hall–Kier alpha value is -0.540. The monoisotopic (exact) mass is 296 g/mol. The van der Waals surface area contributed by atoms with Crippen molar-refractivity contribution >= 4 is 21.6 Å². The first kappa shape index (κ1) is 12.9. The minimum absolute atomic E-state index is 0.604. The van der Waals surface area contributed by atoms with Gasteiger partial charge in [-0.3, -0.25) is 0 Å². The van der Waals surface area contributed by atoms with E-state index in [0.29, 0.717) is 6.54 Å². The van der Waals surface area contributed by atoms with Crippen molar-refractivity contribution in [3.05, 3.63) is 28.2 Å². The summed E-state index contributed by atoms with van der Waals surface area (Å²) >= 11 is 3.60. The second-order valence-electron chi connectivity index (χ2n) is 4.70. The lowest BCUT2D eigenvalue weighted by molar-refractivity contribution is 0.555. The van der Waals surface area contributed by atoms with Crippen LogP contribution in [0.3, 0.4) is 0 Å². The fourth-order valence-corrected chi connectivity index (χ4v) is 3.05. The summed E-state index contributed by atoms with van der Waals surface area (Å²) in [6.07, 6.45) is 6.73. The molecule has 2 rings (SSSR count). The summed E-state index contributed by atoms with van der Waals surface area (Å²) in [5.41, 5.74) is 8.44. The van der Waals surface area contributed by atoms with Crippen LogP contribution in [0.5, 0.6) is 0 Å². The van der Waals surface area contributed by atoms with Gasteiger partial charge in [0.25, 0.3) is 0 Å². The molecule has 1 aromatic carbocycles. The molecular formula is C14H21BrN2. The lowest BCUT2D eigenvalue weighted by Crippen LogP contribution is -2.28. The predicted octanol–water partition coefficient (Wildman–Crippen LogP) is 3.68. The average molecular weight is 297 g/mol. The molecule has 1 heterocycles. The Balaban J connectivity index is 2.21. The van der Waals surface area contributed by atoms with Gasteiger partial charge in [-0.2, -0.15) is 0 Å². The van der Waals surface area contributed by atoms with Gasteiger partial charge in [0.15, 0.2) is 0 Å². The summed E-state index contributed by atoms with van der Waals surface area (Å²) < 4.78 is 1.14. The van der Waals surface area contributed by atoms with Crippen molar-refractivity contribution in [3.8, 4) is 0 Å². The summed E-state index contributed by atoms with van der Waals surface area (Å²) in [4.78, 5) is 2.51. The van der Waals surface area contributed by atoms with Gasteiger partial charge < -0.3 is 10.6 Å². The van der Waals surface area contributed by atoms with Crippen LogP contribution in [-0.4, -0.2) is 13.1 Å². The smallest absolute Gasteiger partial charge is 0.0423 e. The lowest BCUT2D eigenvalue weighted by Gasteiger charge is -2.29. The molecule has 0 aromatic heterocycles. The number of hydrogen-bond donors (Lipinski definition) is 1. The summed E-state index contributed by atoms with van der Waals surface area (Å²) in [6.45, 7) is 2.94. The van der Waals surface area contributed by atoms with Gasteiger partial charge in [-0.1, -0.05) is 41.3 Å². The maximum Gasteiger partial charge on any atom is 0.0423 e. The lowest BCUT2D eigenvalue weighted by atomic mass is 10.1. The molecule has 1 saturated heterocycles. The topological polar surface area (TPSA) is 29.3 Å². The van der Waals surface area contributed by atoms with Crippen LogP contribution < -0.4 is 10.6 Å². The van der Waals surface area contributed by atoms with Crippen LogP contribution in [-0.2, 0) is 6.54 Å². The van der Waals surface area contributed by atoms with Crippen molar-refractivity contribution in [1.82, 2.24) is 0 Å². The molecule has 0 atom stereocenters. The third kappa shape index (κ3) is 3.23. The molecule has 1 aromatic rings. The summed E-state index contributed by atoms with van der Waals surface area (Å²) in [5, 5.41) is 0. The Kier molecular flexibility index (Phi) is 4.86. The van der Waals surface area contributed by atoms with Gasteiger partial charge >= 0.3 is 0 Å². The first-order valence-corrected chi connectivity index (χ1v) is 7.34. The predicted molar refractivity (Wildman–Crippen MR) is 77.3 cm³/mol. The summed E-state index contributed by atoms with van der Waals surface area (Å²) in [5.74, 6) is 0. The molecule has 0 spiro atoms. The maximum absolute atomic E-state index is 5.87. The van der Waals surface area contributed by atoms with Crippen LogP contribution in [0.25, 0.3) is 0 Å². The van der Waals surface area contributed by atoms with Gasteiger partial charge in [0, 0.05) is 35.4 Å². The van der Waals surface area contributed by atoms with E-state index in [2.05, 4.69) is 39.0 Å². The molecule has 0 bridgehead atoms. The van der Waals surface area contributed by atoms with Crippen LogP contribution in [0.15, 0.2) is 22.7 Å². The van der Waals surface area contributed by atoms with E-state index in [1.807, 2.05) is 0 Å². The van der Waals surface area contributed by atoms with E-state index in [0.717, 1.165) is 4.47 Å². The van der Waals surface area contributed by atoms with Crippen LogP contribution in [0.1, 0.15) is 37.7 Å². The first-order chi connectivity index (χ1) is 8.33. The van der Waals surface area contributed by atoms with Crippen LogP contribution in [0.2, 0.25) is 0 Å². The quantitative estimate of drug-likeness (QED) is 0.902. The standard InChI is InChI=1S/C14H21BrN2/c15-13-7-6-8-14(12(13)11-16)17-9-4-2-1-3-5-10-17/h6-8H,1-5,9-11,16H2. The van der Waals surface area contributed by atoms with Crippen molar-refractivity contribution in [2.75, 3.05) is 18.0 Å². The molecule has 0 unspecified atom stereocenters. The number of benzene rings is 1. The Bertz CT molecular complexity index is 357. The zero-order chi connectivity index (χ0) is 12.1. The van der Waals surface area contributed by atoms with Gasteiger partial charge in [-0.15, -0.1) is 0 Å². The van der Waals surface area contributed by atoms with Crippen LogP contribution >= 0.6 is 15.9 Å². The highest BCUT2D eigenvalue weighted by molar-refractivity contribution is 9.10. The molecule has 1 aliphatic heterocycles. The summed E-state index contributed by atoms with van der Waals surface area (Å²) in [6, 6.07) is 6.39. The molecule has 2 nitrogen and oxygen atoms in total. The minimum Gasteiger partial charge on any atom is -0.371 e. The van der Waals surface area contributed by atoms with Gasteiger partial charge in [-0.05, 0) is 25.0 Å². The molecular weight excluding hydrogens is 276 g/mol.